The maximum absolute atomic E-state index is 12.2. The smallest absolute Gasteiger partial charge is 0.160 e. The molecule has 0 aromatic heterocycles. The molecule has 0 amide bonds. The maximum atomic E-state index is 12.2. The molecule has 0 heterocycles. The zero-order valence-corrected chi connectivity index (χ0v) is 11.9. The van der Waals surface area contributed by atoms with Crippen LogP contribution in [0.15, 0.2) is 23.1 Å². The third-order valence-electron chi connectivity index (χ3n) is 2.37. The lowest BCUT2D eigenvalue weighted by molar-refractivity contribution is -0.0328. The monoisotopic (exact) mass is 326 g/mol. The minimum absolute atomic E-state index is 0.0464. The molecule has 0 fully saturated rings. The Kier molecular flexibility index (Phi) is 5.86. The van der Waals surface area contributed by atoms with Crippen LogP contribution in [0.2, 0.25) is 0 Å². The molecule has 1 aromatic rings. The molecule has 0 nitrogen and oxygen atoms in total. The third kappa shape index (κ3) is 5.34. The predicted octanol–water partition coefficient (Wildman–Crippen LogP) is 5.19. The zero-order chi connectivity index (χ0) is 12.9. The standard InChI is InChI=1S/C12H14BrF3S/c1-2-9-8-11(17-12(14,15)16)6-5-10(9)4-3-7-13/h5-6,8H,2-4,7H2,1H3. The Morgan fingerprint density at radius 3 is 2.47 bits per heavy atom. The average Bonchev–Trinajstić information content (AvgIpc) is 2.25. The van der Waals surface area contributed by atoms with Crippen molar-refractivity contribution in [1.82, 2.24) is 0 Å². The molecule has 1 rings (SSSR count). The lowest BCUT2D eigenvalue weighted by Gasteiger charge is -2.11. The molecule has 0 N–H and O–H groups in total. The van der Waals surface area contributed by atoms with Gasteiger partial charge in [0, 0.05) is 10.2 Å². The number of benzene rings is 1. The fourth-order valence-corrected chi connectivity index (χ4v) is 2.51. The molecular formula is C12H14BrF3S. The Balaban J connectivity index is 2.84. The largest absolute Gasteiger partial charge is 0.446 e. The Morgan fingerprint density at radius 2 is 1.94 bits per heavy atom. The lowest BCUT2D eigenvalue weighted by atomic mass is 10.0. The normalized spacial score (nSPS) is 11.8. The summed E-state index contributed by atoms with van der Waals surface area (Å²) in [6.45, 7) is 1.97. The molecule has 96 valence electrons. The van der Waals surface area contributed by atoms with Gasteiger partial charge in [-0.25, -0.2) is 0 Å². The van der Waals surface area contributed by atoms with E-state index in [-0.39, 0.29) is 16.7 Å². The molecule has 17 heavy (non-hydrogen) atoms. The van der Waals surface area contributed by atoms with Gasteiger partial charge in [-0.2, -0.15) is 13.2 Å². The average molecular weight is 327 g/mol. The van der Waals surface area contributed by atoms with E-state index in [0.717, 1.165) is 35.7 Å². The summed E-state index contributed by atoms with van der Waals surface area (Å²) in [6, 6.07) is 5.03. The van der Waals surface area contributed by atoms with Crippen LogP contribution < -0.4 is 0 Å². The van der Waals surface area contributed by atoms with Crippen molar-refractivity contribution in [2.24, 2.45) is 0 Å². The van der Waals surface area contributed by atoms with Crippen molar-refractivity contribution < 1.29 is 13.2 Å². The summed E-state index contributed by atoms with van der Waals surface area (Å²) < 4.78 is 36.7. The molecule has 5 heteroatoms. The van der Waals surface area contributed by atoms with Crippen molar-refractivity contribution in [3.05, 3.63) is 29.3 Å². The fraction of sp³-hybridized carbons (Fsp3) is 0.500. The van der Waals surface area contributed by atoms with Crippen molar-refractivity contribution in [2.75, 3.05) is 5.33 Å². The highest BCUT2D eigenvalue weighted by Gasteiger charge is 2.29. The molecule has 0 saturated heterocycles. The molecule has 0 saturated carbocycles. The van der Waals surface area contributed by atoms with E-state index in [1.165, 1.54) is 0 Å². The second-order valence-electron chi connectivity index (χ2n) is 3.62. The molecule has 0 atom stereocenters. The van der Waals surface area contributed by atoms with E-state index in [1.807, 2.05) is 13.0 Å². The van der Waals surface area contributed by atoms with Gasteiger partial charge in [-0.15, -0.1) is 0 Å². The van der Waals surface area contributed by atoms with Gasteiger partial charge in [0.05, 0.1) is 0 Å². The molecule has 0 aliphatic rings. The summed E-state index contributed by atoms with van der Waals surface area (Å²) in [5, 5.41) is 0.912. The van der Waals surface area contributed by atoms with E-state index >= 15 is 0 Å². The van der Waals surface area contributed by atoms with E-state index < -0.39 is 5.51 Å². The highest BCUT2D eigenvalue weighted by molar-refractivity contribution is 9.09. The number of rotatable bonds is 5. The molecule has 0 spiro atoms. The van der Waals surface area contributed by atoms with Crippen LogP contribution in [0.25, 0.3) is 0 Å². The minimum Gasteiger partial charge on any atom is -0.160 e. The Hall–Kier alpha value is -0.160. The van der Waals surface area contributed by atoms with Crippen LogP contribution in [0.3, 0.4) is 0 Å². The fourth-order valence-electron chi connectivity index (χ4n) is 1.63. The first kappa shape index (κ1) is 14.9. The van der Waals surface area contributed by atoms with Gasteiger partial charge in [0.2, 0.25) is 0 Å². The van der Waals surface area contributed by atoms with Crippen LogP contribution >= 0.6 is 27.7 Å². The quantitative estimate of drug-likeness (QED) is 0.530. The minimum atomic E-state index is -4.21. The first-order valence-corrected chi connectivity index (χ1v) is 7.33. The topological polar surface area (TPSA) is 0 Å². The molecule has 1 aromatic carbocycles. The van der Waals surface area contributed by atoms with E-state index in [9.17, 15) is 13.2 Å². The first-order valence-electron chi connectivity index (χ1n) is 5.39. The van der Waals surface area contributed by atoms with Gasteiger partial charge in [-0.05, 0) is 54.3 Å². The van der Waals surface area contributed by atoms with E-state index in [1.54, 1.807) is 12.1 Å². The number of aryl methyl sites for hydroxylation is 2. The molecule has 0 aliphatic carbocycles. The molecule has 0 radical (unpaired) electrons. The Morgan fingerprint density at radius 1 is 1.24 bits per heavy atom. The maximum Gasteiger partial charge on any atom is 0.446 e. The SMILES string of the molecule is CCc1cc(SC(F)(F)F)ccc1CCCBr. The van der Waals surface area contributed by atoms with Gasteiger partial charge in [0.25, 0.3) is 0 Å². The second-order valence-corrected chi connectivity index (χ2v) is 5.56. The summed E-state index contributed by atoms with van der Waals surface area (Å²) in [5.41, 5.74) is -2.04. The highest BCUT2D eigenvalue weighted by Crippen LogP contribution is 2.37. The van der Waals surface area contributed by atoms with Crippen molar-refractivity contribution in [3.63, 3.8) is 0 Å². The third-order valence-corrected chi connectivity index (χ3v) is 3.65. The summed E-state index contributed by atoms with van der Waals surface area (Å²) in [4.78, 5) is 0.275. The van der Waals surface area contributed by atoms with Gasteiger partial charge in [-0.1, -0.05) is 28.9 Å². The van der Waals surface area contributed by atoms with Crippen LogP contribution in [0, 0.1) is 0 Å². The number of thioether (sulfide) groups is 1. The highest BCUT2D eigenvalue weighted by atomic mass is 79.9. The number of halogens is 4. The molecule has 0 bridgehead atoms. The molecule has 0 aliphatic heterocycles. The number of hydrogen-bond acceptors (Lipinski definition) is 1. The summed E-state index contributed by atoms with van der Waals surface area (Å²) in [6.07, 6.45) is 2.67. The summed E-state index contributed by atoms with van der Waals surface area (Å²) >= 11 is 3.31. The molecular weight excluding hydrogens is 313 g/mol. The number of hydrogen-bond donors (Lipinski definition) is 0. The van der Waals surface area contributed by atoms with E-state index in [4.69, 9.17) is 0 Å². The first-order chi connectivity index (χ1) is 7.96. The van der Waals surface area contributed by atoms with Gasteiger partial charge in [0.15, 0.2) is 0 Å². The van der Waals surface area contributed by atoms with Crippen molar-refractivity contribution in [1.29, 1.82) is 0 Å². The van der Waals surface area contributed by atoms with Gasteiger partial charge < -0.3 is 0 Å². The predicted molar refractivity (Wildman–Crippen MR) is 69.8 cm³/mol. The van der Waals surface area contributed by atoms with Crippen LogP contribution in [-0.2, 0) is 12.8 Å². The summed E-state index contributed by atoms with van der Waals surface area (Å²) in [5.74, 6) is 0. The Bertz CT molecular complexity index is 363. The van der Waals surface area contributed by atoms with Crippen molar-refractivity contribution in [2.45, 2.75) is 36.6 Å². The van der Waals surface area contributed by atoms with Crippen molar-refractivity contribution in [3.8, 4) is 0 Å². The van der Waals surface area contributed by atoms with Gasteiger partial charge in [-0.3, -0.25) is 0 Å². The second kappa shape index (κ2) is 6.69. The van der Waals surface area contributed by atoms with Gasteiger partial charge >= 0.3 is 5.51 Å². The molecule has 0 unspecified atom stereocenters. The van der Waals surface area contributed by atoms with E-state index in [2.05, 4.69) is 15.9 Å². The zero-order valence-electron chi connectivity index (χ0n) is 9.48. The van der Waals surface area contributed by atoms with Crippen LogP contribution in [0.1, 0.15) is 24.5 Å². The van der Waals surface area contributed by atoms with Gasteiger partial charge in [0.1, 0.15) is 0 Å². The number of alkyl halides is 4. The van der Waals surface area contributed by atoms with E-state index in [0.29, 0.717) is 0 Å². The lowest BCUT2D eigenvalue weighted by Crippen LogP contribution is -2.00. The Labute approximate surface area is 112 Å². The van der Waals surface area contributed by atoms with Crippen LogP contribution in [-0.4, -0.2) is 10.8 Å². The van der Waals surface area contributed by atoms with Crippen LogP contribution in [0.4, 0.5) is 13.2 Å². The van der Waals surface area contributed by atoms with Crippen LogP contribution in [0.5, 0.6) is 0 Å². The van der Waals surface area contributed by atoms with Crippen molar-refractivity contribution >= 4 is 27.7 Å². The summed E-state index contributed by atoms with van der Waals surface area (Å²) in [7, 11) is 0.